The third kappa shape index (κ3) is 4.48. The highest BCUT2D eigenvalue weighted by molar-refractivity contribution is 7.07. The molecule has 0 amide bonds. The van der Waals surface area contributed by atoms with E-state index in [4.69, 9.17) is 23.7 Å². The lowest BCUT2D eigenvalue weighted by atomic mass is 9.95. The van der Waals surface area contributed by atoms with Crippen LogP contribution < -0.4 is 33.8 Å². The molecule has 192 valence electrons. The van der Waals surface area contributed by atoms with Crippen molar-refractivity contribution in [3.63, 3.8) is 0 Å². The van der Waals surface area contributed by atoms with Gasteiger partial charge >= 0.3 is 5.97 Å². The summed E-state index contributed by atoms with van der Waals surface area (Å²) in [6.45, 7) is 5.75. The molecule has 0 saturated heterocycles. The Balaban J connectivity index is 1.68. The maximum Gasteiger partial charge on any atom is 0.338 e. The van der Waals surface area contributed by atoms with Crippen molar-refractivity contribution in [1.29, 1.82) is 0 Å². The average molecular weight is 523 g/mol. The summed E-state index contributed by atoms with van der Waals surface area (Å²) in [4.78, 5) is 31.7. The van der Waals surface area contributed by atoms with Crippen molar-refractivity contribution in [3.05, 3.63) is 78.5 Å². The average Bonchev–Trinajstić information content (AvgIpc) is 3.46. The molecule has 1 aromatic heterocycles. The van der Waals surface area contributed by atoms with Gasteiger partial charge in [-0.3, -0.25) is 9.36 Å². The second-order valence-electron chi connectivity index (χ2n) is 8.76. The topological polar surface area (TPSA) is 97.6 Å². The first-order valence-electron chi connectivity index (χ1n) is 11.7. The van der Waals surface area contributed by atoms with Crippen LogP contribution in [0.3, 0.4) is 0 Å². The van der Waals surface area contributed by atoms with Gasteiger partial charge in [0.25, 0.3) is 5.56 Å². The van der Waals surface area contributed by atoms with Crippen LogP contribution >= 0.6 is 11.3 Å². The quantitative estimate of drug-likeness (QED) is 0.459. The number of fused-ring (bicyclic) bond motifs is 2. The highest BCUT2D eigenvalue weighted by atomic mass is 32.1. The maximum absolute atomic E-state index is 13.8. The molecular formula is C27H26N2O7S. The summed E-state index contributed by atoms with van der Waals surface area (Å²) in [5, 5.41) is 0. The summed E-state index contributed by atoms with van der Waals surface area (Å²) in [6.07, 6.45) is 1.72. The Bertz CT molecular complexity index is 1600. The van der Waals surface area contributed by atoms with Crippen LogP contribution in [-0.4, -0.2) is 37.7 Å². The van der Waals surface area contributed by atoms with Crippen molar-refractivity contribution in [3.8, 4) is 23.0 Å². The van der Waals surface area contributed by atoms with Gasteiger partial charge < -0.3 is 23.7 Å². The smallest absolute Gasteiger partial charge is 0.338 e. The normalized spacial score (nSPS) is 16.5. The molecule has 0 radical (unpaired) electrons. The van der Waals surface area contributed by atoms with Gasteiger partial charge in [-0.2, -0.15) is 0 Å². The number of rotatable bonds is 6. The van der Waals surface area contributed by atoms with Crippen LogP contribution in [0.15, 0.2) is 57.5 Å². The molecule has 10 heteroatoms. The number of hydrogen-bond acceptors (Lipinski definition) is 9. The predicted octanol–water partition coefficient (Wildman–Crippen LogP) is 2.93. The van der Waals surface area contributed by atoms with Gasteiger partial charge in [-0.05, 0) is 62.2 Å². The van der Waals surface area contributed by atoms with E-state index < -0.39 is 12.0 Å². The molecule has 3 aromatic rings. The number of ether oxygens (including phenoxy) is 5. The van der Waals surface area contributed by atoms with E-state index in [9.17, 15) is 9.59 Å². The molecule has 9 nitrogen and oxygen atoms in total. The van der Waals surface area contributed by atoms with E-state index in [1.54, 1.807) is 38.3 Å². The number of carbonyl (C=O) groups is 1. The van der Waals surface area contributed by atoms with E-state index in [2.05, 4.69) is 4.99 Å². The number of benzene rings is 2. The fourth-order valence-electron chi connectivity index (χ4n) is 4.37. The van der Waals surface area contributed by atoms with Crippen LogP contribution in [0.4, 0.5) is 0 Å². The molecule has 2 aliphatic heterocycles. The molecule has 2 aliphatic rings. The van der Waals surface area contributed by atoms with Gasteiger partial charge in [0, 0.05) is 0 Å². The standard InChI is InChI=1S/C27H26N2O7S/c1-14(2)36-19-9-7-17(12-20(19)32-4)24-23(26(31)33-5)15(3)28-27-29(24)25(30)22(37-27)11-16-6-8-18-21(10-16)35-13-34-18/h6-12,14,24H,13H2,1-5H3/b22-11-/t24-/m1/s1. The van der Waals surface area contributed by atoms with Gasteiger partial charge in [-0.1, -0.05) is 23.5 Å². The predicted molar refractivity (Wildman–Crippen MR) is 137 cm³/mol. The minimum absolute atomic E-state index is 0.0543. The van der Waals surface area contributed by atoms with E-state index in [-0.39, 0.29) is 24.0 Å². The van der Waals surface area contributed by atoms with E-state index in [0.717, 1.165) is 5.56 Å². The minimum Gasteiger partial charge on any atom is -0.493 e. The van der Waals surface area contributed by atoms with Gasteiger partial charge in [0.05, 0.1) is 42.2 Å². The molecule has 1 atom stereocenters. The lowest BCUT2D eigenvalue weighted by Gasteiger charge is -2.25. The fraction of sp³-hybridized carbons (Fsp3) is 0.296. The van der Waals surface area contributed by atoms with E-state index >= 15 is 0 Å². The van der Waals surface area contributed by atoms with Crippen LogP contribution in [-0.2, 0) is 9.53 Å². The highest BCUT2D eigenvalue weighted by Gasteiger charge is 2.33. The molecule has 5 rings (SSSR count). The fourth-order valence-corrected chi connectivity index (χ4v) is 5.41. The number of allylic oxidation sites excluding steroid dienone is 1. The Morgan fingerprint density at radius 2 is 1.92 bits per heavy atom. The second-order valence-corrected chi connectivity index (χ2v) is 9.77. The number of carbonyl (C=O) groups excluding carboxylic acids is 1. The lowest BCUT2D eigenvalue weighted by Crippen LogP contribution is -2.39. The van der Waals surface area contributed by atoms with E-state index in [0.29, 0.717) is 43.6 Å². The summed E-state index contributed by atoms with van der Waals surface area (Å²) in [5.74, 6) is 1.79. The van der Waals surface area contributed by atoms with Crippen molar-refractivity contribution < 1.29 is 28.5 Å². The Hall–Kier alpha value is -4.05. The van der Waals surface area contributed by atoms with Crippen LogP contribution in [0.2, 0.25) is 0 Å². The van der Waals surface area contributed by atoms with Crippen molar-refractivity contribution >= 4 is 23.4 Å². The first-order chi connectivity index (χ1) is 17.8. The summed E-state index contributed by atoms with van der Waals surface area (Å²) >= 11 is 1.25. The zero-order valence-electron chi connectivity index (χ0n) is 21.1. The number of nitrogens with zero attached hydrogens (tertiary/aromatic N) is 2. The Morgan fingerprint density at radius 1 is 1.14 bits per heavy atom. The monoisotopic (exact) mass is 522 g/mol. The highest BCUT2D eigenvalue weighted by Crippen LogP contribution is 2.36. The number of hydrogen-bond donors (Lipinski definition) is 0. The summed E-state index contributed by atoms with van der Waals surface area (Å²) in [7, 11) is 2.86. The van der Waals surface area contributed by atoms with Crippen LogP contribution in [0.5, 0.6) is 23.0 Å². The first kappa shape index (κ1) is 24.6. The van der Waals surface area contributed by atoms with Crippen LogP contribution in [0.25, 0.3) is 6.08 Å². The molecule has 0 unspecified atom stereocenters. The number of esters is 1. The largest absolute Gasteiger partial charge is 0.493 e. The molecule has 0 saturated carbocycles. The first-order valence-corrected chi connectivity index (χ1v) is 12.5. The van der Waals surface area contributed by atoms with Crippen LogP contribution in [0.1, 0.15) is 37.9 Å². The number of methoxy groups -OCH3 is 2. The lowest BCUT2D eigenvalue weighted by molar-refractivity contribution is -0.136. The van der Waals surface area contributed by atoms with Gasteiger partial charge in [-0.25, -0.2) is 9.79 Å². The van der Waals surface area contributed by atoms with Crippen molar-refractivity contribution in [2.75, 3.05) is 21.0 Å². The summed E-state index contributed by atoms with van der Waals surface area (Å²) in [5.41, 5.74) is 1.94. The third-order valence-electron chi connectivity index (χ3n) is 5.99. The minimum atomic E-state index is -0.760. The van der Waals surface area contributed by atoms with Gasteiger partial charge in [0.2, 0.25) is 6.79 Å². The molecule has 0 aliphatic carbocycles. The number of aromatic nitrogens is 1. The zero-order valence-corrected chi connectivity index (χ0v) is 21.9. The molecule has 37 heavy (non-hydrogen) atoms. The summed E-state index contributed by atoms with van der Waals surface area (Å²) in [6, 6.07) is 10.1. The molecule has 0 N–H and O–H groups in total. The molecule has 0 spiro atoms. The van der Waals surface area contributed by atoms with Gasteiger partial charge in [0.15, 0.2) is 27.8 Å². The van der Waals surface area contributed by atoms with E-state index in [1.807, 2.05) is 32.0 Å². The summed E-state index contributed by atoms with van der Waals surface area (Å²) < 4.78 is 29.3. The Labute approximate surface area is 216 Å². The van der Waals surface area contributed by atoms with Gasteiger partial charge in [-0.15, -0.1) is 0 Å². The molecule has 0 bridgehead atoms. The molecular weight excluding hydrogens is 496 g/mol. The third-order valence-corrected chi connectivity index (χ3v) is 6.97. The van der Waals surface area contributed by atoms with Crippen LogP contribution in [0, 0.1) is 0 Å². The van der Waals surface area contributed by atoms with Crippen molar-refractivity contribution in [2.24, 2.45) is 4.99 Å². The SMILES string of the molecule is COC(=O)C1=C(C)N=c2s/c(=C\c3ccc4c(c3)OCO4)c(=O)n2[C@@H]1c1ccc(OC(C)C)c(OC)c1. The maximum atomic E-state index is 13.8. The van der Waals surface area contributed by atoms with Gasteiger partial charge in [0.1, 0.15) is 0 Å². The van der Waals surface area contributed by atoms with Crippen molar-refractivity contribution in [2.45, 2.75) is 32.9 Å². The van der Waals surface area contributed by atoms with E-state index in [1.165, 1.54) is 23.0 Å². The number of thiazole rings is 1. The van der Waals surface area contributed by atoms with Crippen molar-refractivity contribution in [1.82, 2.24) is 4.57 Å². The second kappa shape index (κ2) is 9.78. The molecule has 0 fully saturated rings. The Kier molecular flexibility index (Phi) is 6.51. The Morgan fingerprint density at radius 3 is 2.65 bits per heavy atom. The molecule has 2 aromatic carbocycles. The molecule has 3 heterocycles. The zero-order chi connectivity index (χ0) is 26.3.